The van der Waals surface area contributed by atoms with E-state index in [4.69, 9.17) is 16.7 Å². The number of aromatic hydroxyl groups is 1. The highest BCUT2D eigenvalue weighted by molar-refractivity contribution is 6.46. The van der Waals surface area contributed by atoms with Crippen LogP contribution >= 0.6 is 11.6 Å². The molecule has 162 valence electrons. The minimum atomic E-state index is -0.882. The number of carboxylic acid groups (broad SMARTS) is 1. The van der Waals surface area contributed by atoms with Crippen LogP contribution in [0.4, 0.5) is 0 Å². The summed E-state index contributed by atoms with van der Waals surface area (Å²) in [5.74, 6) is -2.68. The molecule has 1 atom stereocenters. The average Bonchev–Trinajstić information content (AvgIpc) is 2.99. The molecule has 0 bridgehead atoms. The van der Waals surface area contributed by atoms with E-state index in [1.165, 1.54) is 17.0 Å². The number of carboxylic acids is 1. The normalized spacial score (nSPS) is 17.8. The van der Waals surface area contributed by atoms with E-state index < -0.39 is 23.7 Å². The number of carbonyl (C=O) groups is 3. The Morgan fingerprint density at radius 1 is 0.935 bits per heavy atom. The number of hydrogen-bond acceptors (Lipinski definition) is 5. The third kappa shape index (κ3) is 5.06. The largest absolute Gasteiger partial charge is 0.508 e. The molecule has 3 N–H and O–H groups in total. The van der Waals surface area contributed by atoms with Gasteiger partial charge >= 0.3 is 5.97 Å². The molecule has 1 amide bonds. The Hall–Kier alpha value is -3.32. The standard InChI is InChI=1S/C23H22ClNO6/c24-16-9-5-15(6-10-16)21(29)19-20(14-7-11-17(26)12-8-14)25(23(31)22(19)30)13-3-1-2-4-18(27)28/h5-12,20,26,29H,1-4,13H2,(H,27,28)/t20-/m0/s1. The van der Waals surface area contributed by atoms with E-state index in [-0.39, 0.29) is 30.0 Å². The van der Waals surface area contributed by atoms with Gasteiger partial charge in [0.05, 0.1) is 11.6 Å². The van der Waals surface area contributed by atoms with E-state index in [1.807, 2.05) is 0 Å². The molecule has 2 aromatic rings. The zero-order valence-electron chi connectivity index (χ0n) is 16.6. The first-order valence-corrected chi connectivity index (χ1v) is 10.2. The number of ketones is 1. The number of nitrogens with zero attached hydrogens (tertiary/aromatic N) is 1. The smallest absolute Gasteiger partial charge is 0.303 e. The molecule has 8 heteroatoms. The SMILES string of the molecule is O=C(O)CCCCCN1C(=O)C(=O)C(=C(O)c2ccc(Cl)cc2)[C@@H]1c1ccc(O)cc1. The number of carbonyl (C=O) groups excluding carboxylic acids is 2. The number of aliphatic hydroxyl groups excluding tert-OH is 1. The quantitative estimate of drug-likeness (QED) is 0.245. The summed E-state index contributed by atoms with van der Waals surface area (Å²) in [5.41, 5.74) is 0.884. The zero-order chi connectivity index (χ0) is 22.5. The van der Waals surface area contributed by atoms with Gasteiger partial charge in [0.25, 0.3) is 11.7 Å². The summed E-state index contributed by atoms with van der Waals surface area (Å²) in [6, 6.07) is 11.5. The lowest BCUT2D eigenvalue weighted by Gasteiger charge is -2.25. The van der Waals surface area contributed by atoms with Gasteiger partial charge in [0, 0.05) is 23.6 Å². The van der Waals surface area contributed by atoms with Crippen LogP contribution in [0.25, 0.3) is 5.76 Å². The molecule has 1 saturated heterocycles. The van der Waals surface area contributed by atoms with Gasteiger partial charge in [-0.3, -0.25) is 14.4 Å². The van der Waals surface area contributed by atoms with Crippen molar-refractivity contribution in [2.45, 2.75) is 31.7 Å². The van der Waals surface area contributed by atoms with Gasteiger partial charge in [0.15, 0.2) is 0 Å². The molecule has 0 unspecified atom stereocenters. The highest BCUT2D eigenvalue weighted by Crippen LogP contribution is 2.40. The number of Topliss-reactive ketones (excluding diaryl/α,β-unsaturated/α-hetero) is 1. The zero-order valence-corrected chi connectivity index (χ0v) is 17.4. The number of likely N-dealkylation sites (tertiary alicyclic amines) is 1. The Bertz CT molecular complexity index is 1010. The Labute approximate surface area is 184 Å². The number of phenolic OH excluding ortho intramolecular Hbond substituents is 1. The Morgan fingerprint density at radius 2 is 1.58 bits per heavy atom. The van der Waals surface area contributed by atoms with Crippen molar-refractivity contribution in [3.8, 4) is 5.75 Å². The molecule has 0 spiro atoms. The van der Waals surface area contributed by atoms with Crippen LogP contribution in [0.2, 0.25) is 5.02 Å². The second-order valence-corrected chi connectivity index (χ2v) is 7.73. The van der Waals surface area contributed by atoms with Crippen LogP contribution in [-0.4, -0.2) is 44.4 Å². The van der Waals surface area contributed by atoms with Crippen molar-refractivity contribution >= 4 is 35.0 Å². The van der Waals surface area contributed by atoms with Gasteiger partial charge in [0.2, 0.25) is 0 Å². The van der Waals surface area contributed by atoms with Crippen molar-refractivity contribution in [1.82, 2.24) is 4.90 Å². The second-order valence-electron chi connectivity index (χ2n) is 7.30. The number of benzene rings is 2. The first kappa shape index (κ1) is 22.4. The van der Waals surface area contributed by atoms with Gasteiger partial charge in [-0.1, -0.05) is 30.2 Å². The number of aliphatic carboxylic acids is 1. The Morgan fingerprint density at radius 3 is 2.19 bits per heavy atom. The fourth-order valence-electron chi connectivity index (χ4n) is 3.61. The van der Waals surface area contributed by atoms with Crippen LogP contribution in [0.3, 0.4) is 0 Å². The summed E-state index contributed by atoms with van der Waals surface area (Å²) in [6.45, 7) is 0.229. The summed E-state index contributed by atoms with van der Waals surface area (Å²) in [4.78, 5) is 37.7. The van der Waals surface area contributed by atoms with Crippen molar-refractivity contribution in [3.63, 3.8) is 0 Å². The van der Waals surface area contributed by atoms with Gasteiger partial charge in [0.1, 0.15) is 11.5 Å². The van der Waals surface area contributed by atoms with E-state index in [2.05, 4.69) is 0 Å². The average molecular weight is 444 g/mol. The van der Waals surface area contributed by atoms with Crippen LogP contribution in [0.1, 0.15) is 42.9 Å². The molecule has 0 radical (unpaired) electrons. The number of unbranched alkanes of at least 4 members (excludes halogenated alkanes) is 2. The van der Waals surface area contributed by atoms with Crippen LogP contribution in [0.15, 0.2) is 54.1 Å². The number of phenols is 1. The van der Waals surface area contributed by atoms with Crippen molar-refractivity contribution in [3.05, 3.63) is 70.3 Å². The maximum atomic E-state index is 12.9. The molecule has 0 saturated carbocycles. The van der Waals surface area contributed by atoms with E-state index in [0.29, 0.717) is 35.4 Å². The predicted octanol–water partition coefficient (Wildman–Crippen LogP) is 4.11. The lowest BCUT2D eigenvalue weighted by atomic mass is 9.95. The molecule has 7 nitrogen and oxygen atoms in total. The van der Waals surface area contributed by atoms with Gasteiger partial charge in [-0.05, 0) is 54.8 Å². The summed E-state index contributed by atoms with van der Waals surface area (Å²) in [6.07, 6.45) is 1.59. The number of halogens is 1. The molecule has 1 heterocycles. The third-order valence-electron chi connectivity index (χ3n) is 5.16. The number of rotatable bonds is 8. The van der Waals surface area contributed by atoms with E-state index in [0.717, 1.165) is 0 Å². The van der Waals surface area contributed by atoms with Crippen molar-refractivity contribution in [1.29, 1.82) is 0 Å². The molecule has 0 aromatic heterocycles. The topological polar surface area (TPSA) is 115 Å². The molecule has 3 rings (SSSR count). The third-order valence-corrected chi connectivity index (χ3v) is 5.41. The number of aliphatic hydroxyl groups is 1. The molecular weight excluding hydrogens is 422 g/mol. The lowest BCUT2D eigenvalue weighted by molar-refractivity contribution is -0.140. The van der Waals surface area contributed by atoms with Gasteiger partial charge in [-0.25, -0.2) is 0 Å². The summed E-state index contributed by atoms with van der Waals surface area (Å²) < 4.78 is 0. The maximum Gasteiger partial charge on any atom is 0.303 e. The first-order valence-electron chi connectivity index (χ1n) is 9.84. The fourth-order valence-corrected chi connectivity index (χ4v) is 3.74. The van der Waals surface area contributed by atoms with Crippen LogP contribution in [0, 0.1) is 0 Å². The van der Waals surface area contributed by atoms with Gasteiger partial charge < -0.3 is 20.2 Å². The minimum Gasteiger partial charge on any atom is -0.508 e. The molecule has 1 aliphatic heterocycles. The van der Waals surface area contributed by atoms with Crippen LogP contribution in [-0.2, 0) is 14.4 Å². The van der Waals surface area contributed by atoms with Crippen LogP contribution in [0.5, 0.6) is 5.75 Å². The summed E-state index contributed by atoms with van der Waals surface area (Å²) in [7, 11) is 0. The number of hydrogen-bond donors (Lipinski definition) is 3. The number of amides is 1. The van der Waals surface area contributed by atoms with Gasteiger partial charge in [-0.15, -0.1) is 0 Å². The van der Waals surface area contributed by atoms with Crippen molar-refractivity contribution in [2.75, 3.05) is 6.54 Å². The second kappa shape index (κ2) is 9.66. The summed E-state index contributed by atoms with van der Waals surface area (Å²) in [5, 5.41) is 29.8. The fraction of sp³-hybridized carbons (Fsp3) is 0.261. The molecule has 1 fully saturated rings. The van der Waals surface area contributed by atoms with Crippen LogP contribution < -0.4 is 0 Å². The molecule has 2 aromatic carbocycles. The highest BCUT2D eigenvalue weighted by atomic mass is 35.5. The molecule has 31 heavy (non-hydrogen) atoms. The first-order chi connectivity index (χ1) is 14.8. The lowest BCUT2D eigenvalue weighted by Crippen LogP contribution is -2.30. The minimum absolute atomic E-state index is 0.0343. The van der Waals surface area contributed by atoms with E-state index in [9.17, 15) is 24.6 Å². The van der Waals surface area contributed by atoms with E-state index >= 15 is 0 Å². The van der Waals surface area contributed by atoms with E-state index in [1.54, 1.807) is 36.4 Å². The predicted molar refractivity (Wildman–Crippen MR) is 115 cm³/mol. The molecule has 1 aliphatic rings. The van der Waals surface area contributed by atoms with Gasteiger partial charge in [-0.2, -0.15) is 0 Å². The molecular formula is C23H22ClNO6. The molecule has 0 aliphatic carbocycles. The highest BCUT2D eigenvalue weighted by Gasteiger charge is 2.45. The Balaban J connectivity index is 1.96. The Kier molecular flexibility index (Phi) is 6.97. The van der Waals surface area contributed by atoms with Crippen molar-refractivity contribution in [2.24, 2.45) is 0 Å². The maximum absolute atomic E-state index is 12.9. The van der Waals surface area contributed by atoms with Crippen molar-refractivity contribution < 1.29 is 29.7 Å². The summed E-state index contributed by atoms with van der Waals surface area (Å²) >= 11 is 5.91. The monoisotopic (exact) mass is 443 g/mol.